The van der Waals surface area contributed by atoms with Gasteiger partial charge >= 0.3 is 0 Å². The number of halogens is 1. The number of anilines is 1. The van der Waals surface area contributed by atoms with Gasteiger partial charge in [-0.25, -0.2) is 14.7 Å². The second kappa shape index (κ2) is 10.5. The first-order valence-corrected chi connectivity index (χ1v) is 11.0. The van der Waals surface area contributed by atoms with Crippen LogP contribution in [0, 0.1) is 5.95 Å². The Morgan fingerprint density at radius 2 is 2.15 bits per heavy atom. The number of ether oxygens (including phenoxy) is 3. The van der Waals surface area contributed by atoms with Gasteiger partial charge in [0.15, 0.2) is 5.65 Å². The highest BCUT2D eigenvalue weighted by atomic mass is 19.1. The van der Waals surface area contributed by atoms with Gasteiger partial charge in [0, 0.05) is 41.7 Å². The van der Waals surface area contributed by atoms with Crippen molar-refractivity contribution >= 4 is 22.7 Å². The lowest BCUT2D eigenvalue weighted by atomic mass is 10.1. The number of nitrogens with one attached hydrogen (secondary N) is 2. The molecule has 1 unspecified atom stereocenters. The highest BCUT2D eigenvalue weighted by molar-refractivity contribution is 5.88. The molecule has 0 spiro atoms. The number of rotatable bonds is 10. The van der Waals surface area contributed by atoms with Crippen LogP contribution in [-0.2, 0) is 22.9 Å². The van der Waals surface area contributed by atoms with Crippen molar-refractivity contribution in [1.29, 1.82) is 0 Å². The number of H-pyrrole nitrogens is 1. The molecule has 0 saturated heterocycles. The highest BCUT2D eigenvalue weighted by Crippen LogP contribution is 2.30. The zero-order valence-corrected chi connectivity index (χ0v) is 19.1. The van der Waals surface area contributed by atoms with Gasteiger partial charge in [0.25, 0.3) is 0 Å². The fourth-order valence-electron chi connectivity index (χ4n) is 3.74. The summed E-state index contributed by atoms with van der Waals surface area (Å²) in [6.45, 7) is 3.91. The molecule has 2 N–H and O–H groups in total. The van der Waals surface area contributed by atoms with Gasteiger partial charge in [-0.15, -0.1) is 0 Å². The number of aryl methyl sites for hydroxylation is 1. The number of nitrogens with zero attached hydrogens (tertiary/aromatic N) is 4. The molecule has 1 aliphatic heterocycles. The molecule has 4 heterocycles. The number of aromatic amines is 1. The zero-order valence-electron chi connectivity index (χ0n) is 19.1. The van der Waals surface area contributed by atoms with E-state index in [2.05, 4.69) is 25.4 Å². The Morgan fingerprint density at radius 3 is 2.94 bits per heavy atom. The standard InChI is InChI=1S/C23H29FN6O3.2H2/c1-4-32-19-7-5-6-17(27-19)14-25-18-9-8-15(21(24)28-18)12-16-13-26-22-20(16)23(30(2)29-22)33-11-10-31-3;;/h5,7-9,13,17H,4,6,10-12,14H2,1-3H3,(H,25,28)(H,26,29);2*1H. The molecule has 0 radical (unpaired) electrons. The predicted octanol–water partition coefficient (Wildman–Crippen LogP) is 3.72. The van der Waals surface area contributed by atoms with Crippen LogP contribution >= 0.6 is 0 Å². The van der Waals surface area contributed by atoms with Gasteiger partial charge in [-0.05, 0) is 31.1 Å². The van der Waals surface area contributed by atoms with Gasteiger partial charge in [0.05, 0.1) is 24.6 Å². The third kappa shape index (κ3) is 5.33. The maximum atomic E-state index is 14.8. The Balaban J connectivity index is 0.00000216. The summed E-state index contributed by atoms with van der Waals surface area (Å²) in [7, 11) is 3.43. The van der Waals surface area contributed by atoms with Gasteiger partial charge in [-0.2, -0.15) is 9.49 Å². The Bertz CT molecular complexity index is 1160. The van der Waals surface area contributed by atoms with E-state index in [1.807, 2.05) is 32.3 Å². The molecule has 33 heavy (non-hydrogen) atoms. The number of aromatic nitrogens is 4. The minimum atomic E-state index is -0.512. The molecule has 10 heteroatoms. The average Bonchev–Trinajstić information content (AvgIpc) is 3.33. The van der Waals surface area contributed by atoms with Crippen LogP contribution in [0.4, 0.5) is 10.2 Å². The second-order valence-electron chi connectivity index (χ2n) is 7.70. The molecule has 3 aromatic rings. The molecule has 0 aromatic carbocycles. The van der Waals surface area contributed by atoms with E-state index < -0.39 is 5.95 Å². The maximum absolute atomic E-state index is 14.8. The van der Waals surface area contributed by atoms with Crippen LogP contribution in [0.5, 0.6) is 5.88 Å². The summed E-state index contributed by atoms with van der Waals surface area (Å²) < 4.78 is 32.9. The summed E-state index contributed by atoms with van der Waals surface area (Å²) in [5.41, 5.74) is 2.07. The first-order valence-electron chi connectivity index (χ1n) is 11.0. The minimum absolute atomic E-state index is 0. The lowest BCUT2D eigenvalue weighted by Gasteiger charge is -2.17. The van der Waals surface area contributed by atoms with Crippen LogP contribution in [0.15, 0.2) is 35.5 Å². The molecule has 0 aliphatic carbocycles. The van der Waals surface area contributed by atoms with E-state index in [-0.39, 0.29) is 8.90 Å². The number of methoxy groups -OCH3 is 1. The lowest BCUT2D eigenvalue weighted by Crippen LogP contribution is -2.22. The molecule has 9 nitrogen and oxygen atoms in total. The molecule has 0 fully saturated rings. The molecule has 0 amide bonds. The van der Waals surface area contributed by atoms with Crippen molar-refractivity contribution in [2.75, 3.05) is 38.8 Å². The van der Waals surface area contributed by atoms with Crippen molar-refractivity contribution in [3.63, 3.8) is 0 Å². The molecule has 4 rings (SSSR count). The highest BCUT2D eigenvalue weighted by Gasteiger charge is 2.18. The first-order chi connectivity index (χ1) is 16.1. The Hall–Kier alpha value is -3.40. The molecule has 1 aliphatic rings. The SMILES string of the molecule is CCOC1=NC(CNc2ccc(Cc3c[nH]c4nn(C)c(OCCOC)c34)c(F)n2)CC=C1.[HH].[HH]. The van der Waals surface area contributed by atoms with Gasteiger partial charge in [-0.1, -0.05) is 12.1 Å². The fraction of sp³-hybridized carbons (Fsp3) is 0.435. The van der Waals surface area contributed by atoms with Gasteiger partial charge < -0.3 is 24.5 Å². The predicted molar refractivity (Wildman–Crippen MR) is 129 cm³/mol. The van der Waals surface area contributed by atoms with Crippen molar-refractivity contribution in [3.8, 4) is 5.88 Å². The number of hydrogen-bond acceptors (Lipinski definition) is 7. The fourth-order valence-corrected chi connectivity index (χ4v) is 3.74. The van der Waals surface area contributed by atoms with Gasteiger partial charge in [-0.3, -0.25) is 0 Å². The van der Waals surface area contributed by atoms with E-state index in [1.165, 1.54) is 0 Å². The minimum Gasteiger partial charge on any atom is -0.478 e. The molecule has 0 saturated carbocycles. The van der Waals surface area contributed by atoms with Gasteiger partial charge in [0.1, 0.15) is 12.4 Å². The Morgan fingerprint density at radius 1 is 1.27 bits per heavy atom. The van der Waals surface area contributed by atoms with E-state index in [9.17, 15) is 4.39 Å². The maximum Gasteiger partial charge on any atom is 0.221 e. The monoisotopic (exact) mass is 460 g/mol. The van der Waals surface area contributed by atoms with E-state index >= 15 is 0 Å². The Labute approximate surface area is 194 Å². The molecule has 0 bridgehead atoms. The largest absolute Gasteiger partial charge is 0.478 e. The molecule has 180 valence electrons. The number of hydrogen-bond donors (Lipinski definition) is 2. The summed E-state index contributed by atoms with van der Waals surface area (Å²) in [4.78, 5) is 11.8. The quantitative estimate of drug-likeness (QED) is 0.353. The third-order valence-electron chi connectivity index (χ3n) is 5.32. The summed E-state index contributed by atoms with van der Waals surface area (Å²) >= 11 is 0. The van der Waals surface area contributed by atoms with Gasteiger partial charge in [0.2, 0.25) is 17.7 Å². The molecular formula is C23H33FN6O3. The third-order valence-corrected chi connectivity index (χ3v) is 5.32. The number of pyridine rings is 1. The van der Waals surface area contributed by atoms with Crippen LogP contribution in [-0.4, -0.2) is 65.2 Å². The van der Waals surface area contributed by atoms with E-state index in [0.29, 0.717) is 61.6 Å². The smallest absolute Gasteiger partial charge is 0.221 e. The summed E-state index contributed by atoms with van der Waals surface area (Å²) in [5.74, 6) is 1.22. The number of fused-ring (bicyclic) bond motifs is 1. The number of dihydropyridines is 1. The zero-order chi connectivity index (χ0) is 23.2. The van der Waals surface area contributed by atoms with Crippen molar-refractivity contribution in [2.24, 2.45) is 12.0 Å². The van der Waals surface area contributed by atoms with E-state index in [1.54, 1.807) is 23.9 Å². The lowest BCUT2D eigenvalue weighted by molar-refractivity contribution is 0.142. The average molecular weight is 461 g/mol. The summed E-state index contributed by atoms with van der Waals surface area (Å²) in [6, 6.07) is 3.56. The van der Waals surface area contributed by atoms with Crippen molar-refractivity contribution in [3.05, 3.63) is 47.6 Å². The Kier molecular flexibility index (Phi) is 7.23. The topological polar surface area (TPSA) is 98.6 Å². The van der Waals surface area contributed by atoms with Crippen LogP contribution in [0.3, 0.4) is 0 Å². The molecule has 3 aromatic heterocycles. The van der Waals surface area contributed by atoms with Crippen molar-refractivity contribution < 1.29 is 21.5 Å². The van der Waals surface area contributed by atoms with Crippen LogP contribution in [0.25, 0.3) is 11.0 Å². The van der Waals surface area contributed by atoms with Crippen LogP contribution in [0.1, 0.15) is 27.3 Å². The second-order valence-corrected chi connectivity index (χ2v) is 7.70. The van der Waals surface area contributed by atoms with Crippen molar-refractivity contribution in [1.82, 2.24) is 19.7 Å². The van der Waals surface area contributed by atoms with Crippen LogP contribution in [0.2, 0.25) is 0 Å². The summed E-state index contributed by atoms with van der Waals surface area (Å²) in [5, 5.41) is 8.44. The first kappa shape index (κ1) is 22.8. The number of aliphatic imine (C=N–C) groups is 1. The van der Waals surface area contributed by atoms with Crippen LogP contribution < -0.4 is 10.1 Å². The van der Waals surface area contributed by atoms with Crippen molar-refractivity contribution in [2.45, 2.75) is 25.8 Å². The summed E-state index contributed by atoms with van der Waals surface area (Å²) in [6.07, 6.45) is 6.90. The molecule has 1 atom stereocenters. The molecular weight excluding hydrogens is 427 g/mol. The normalized spacial score (nSPS) is 15.6. The van der Waals surface area contributed by atoms with E-state index in [0.717, 1.165) is 17.4 Å². The van der Waals surface area contributed by atoms with E-state index in [4.69, 9.17) is 14.2 Å².